The van der Waals surface area contributed by atoms with Gasteiger partial charge in [-0.15, -0.1) is 0 Å². The maximum atomic E-state index is 13.8. The van der Waals surface area contributed by atoms with Gasteiger partial charge in [-0.25, -0.2) is 0 Å². The lowest BCUT2D eigenvalue weighted by Gasteiger charge is -2.28. The van der Waals surface area contributed by atoms with Crippen LogP contribution in [0.4, 0.5) is 5.69 Å². The first-order chi connectivity index (χ1) is 18.2. The quantitative estimate of drug-likeness (QED) is 0.265. The largest absolute Gasteiger partial charge is 0.392 e. The molecule has 1 aliphatic rings. The number of nitrogens with zero attached hydrogens (tertiary/aromatic N) is 1. The maximum absolute atomic E-state index is 13.8. The summed E-state index contributed by atoms with van der Waals surface area (Å²) < 4.78 is 0.896. The second-order valence-electron chi connectivity index (χ2n) is 10.3. The Labute approximate surface area is 230 Å². The highest BCUT2D eigenvalue weighted by molar-refractivity contribution is 9.10. The molecule has 7 nitrogen and oxygen atoms in total. The number of carbonyl (C=O) groups excluding carboxylic acids is 2. The van der Waals surface area contributed by atoms with Crippen LogP contribution in [-0.4, -0.2) is 33.5 Å². The van der Waals surface area contributed by atoms with Gasteiger partial charge < -0.3 is 26.0 Å². The number of nitrogens with one attached hydrogen (secondary N) is 2. The molecule has 1 atom stereocenters. The van der Waals surface area contributed by atoms with Crippen LogP contribution in [0.2, 0.25) is 0 Å². The van der Waals surface area contributed by atoms with Gasteiger partial charge in [0.2, 0.25) is 11.8 Å². The first-order valence-corrected chi connectivity index (χ1v) is 13.4. The van der Waals surface area contributed by atoms with Crippen molar-refractivity contribution in [2.24, 2.45) is 5.73 Å². The van der Waals surface area contributed by atoms with Crippen molar-refractivity contribution in [2.45, 2.75) is 51.4 Å². The molecule has 1 aliphatic heterocycles. The molecule has 0 bridgehead atoms. The number of aliphatic hydroxyl groups excluding tert-OH is 1. The molecule has 8 heteroatoms. The van der Waals surface area contributed by atoms with Gasteiger partial charge in [0, 0.05) is 22.2 Å². The molecule has 0 fully saturated rings. The van der Waals surface area contributed by atoms with Crippen LogP contribution in [0.25, 0.3) is 22.2 Å². The number of benzene rings is 3. The van der Waals surface area contributed by atoms with E-state index in [0.29, 0.717) is 19.4 Å². The van der Waals surface area contributed by atoms with E-state index in [2.05, 4.69) is 32.3 Å². The summed E-state index contributed by atoms with van der Waals surface area (Å²) in [6.07, 6.45) is 1.18. The Balaban J connectivity index is 1.50. The molecule has 4 aromatic rings. The number of amides is 2. The maximum Gasteiger partial charge on any atom is 0.249 e. The highest BCUT2D eigenvalue weighted by atomic mass is 79.9. The number of aromatic amines is 1. The SMILES string of the molecule is CC(C)(N)C(=O)N[C@@H]1CCc2ccccc2N(Cc2ccc3[nH]c(-c4ccccc4CO)c(Br)c3c2)C1=O. The number of rotatable bonds is 6. The van der Waals surface area contributed by atoms with Gasteiger partial charge in [-0.2, -0.15) is 0 Å². The van der Waals surface area contributed by atoms with Crippen LogP contribution in [0.1, 0.15) is 37.0 Å². The van der Waals surface area contributed by atoms with Crippen molar-refractivity contribution in [3.63, 3.8) is 0 Å². The first-order valence-electron chi connectivity index (χ1n) is 12.7. The predicted octanol–water partition coefficient (Wildman–Crippen LogP) is 4.79. The summed E-state index contributed by atoms with van der Waals surface area (Å²) in [5.41, 5.74) is 11.4. The number of hydrogen-bond acceptors (Lipinski definition) is 4. The van der Waals surface area contributed by atoms with Gasteiger partial charge in [0.05, 0.1) is 28.9 Å². The minimum Gasteiger partial charge on any atom is -0.392 e. The number of aryl methyl sites for hydroxylation is 1. The number of nitrogens with two attached hydrogens (primary N) is 1. The number of anilines is 1. The number of fused-ring (bicyclic) bond motifs is 2. The standard InChI is InChI=1S/C30H31BrN4O3/c1-30(2,32)29(38)34-24-14-12-19-7-4-6-10-25(19)35(28(24)37)16-18-11-13-23-22(15-18)26(31)27(33-23)21-9-5-3-8-20(21)17-36/h3-11,13,15,24,33,36H,12,14,16-17,32H2,1-2H3,(H,34,38)/t24-/m1/s1. The molecular weight excluding hydrogens is 544 g/mol. The van der Waals surface area contributed by atoms with Gasteiger partial charge in [0.15, 0.2) is 0 Å². The van der Waals surface area contributed by atoms with E-state index in [1.165, 1.54) is 0 Å². The van der Waals surface area contributed by atoms with E-state index in [1.807, 2.05) is 60.7 Å². The van der Waals surface area contributed by atoms with E-state index < -0.39 is 11.6 Å². The zero-order chi connectivity index (χ0) is 27.0. The van der Waals surface area contributed by atoms with Crippen LogP contribution in [0.3, 0.4) is 0 Å². The normalized spacial score (nSPS) is 15.9. The van der Waals surface area contributed by atoms with Crippen LogP contribution >= 0.6 is 15.9 Å². The summed E-state index contributed by atoms with van der Waals surface area (Å²) >= 11 is 3.76. The van der Waals surface area contributed by atoms with Gasteiger partial charge in [-0.05, 0) is 77.5 Å². The van der Waals surface area contributed by atoms with Crippen molar-refractivity contribution in [1.29, 1.82) is 0 Å². The minimum atomic E-state index is -1.08. The Morgan fingerprint density at radius 3 is 2.66 bits per heavy atom. The van der Waals surface area contributed by atoms with Crippen molar-refractivity contribution in [2.75, 3.05) is 4.90 Å². The van der Waals surface area contributed by atoms with E-state index in [-0.39, 0.29) is 18.4 Å². The van der Waals surface area contributed by atoms with Crippen LogP contribution < -0.4 is 16.0 Å². The molecule has 0 saturated heterocycles. The summed E-state index contributed by atoms with van der Waals surface area (Å²) in [7, 11) is 0. The molecule has 5 rings (SSSR count). The van der Waals surface area contributed by atoms with Gasteiger partial charge in [-0.3, -0.25) is 9.59 Å². The van der Waals surface area contributed by atoms with Gasteiger partial charge >= 0.3 is 0 Å². The second-order valence-corrected chi connectivity index (χ2v) is 11.1. The summed E-state index contributed by atoms with van der Waals surface area (Å²) in [5.74, 6) is -0.506. The van der Waals surface area contributed by atoms with E-state index in [4.69, 9.17) is 5.73 Å². The zero-order valence-corrected chi connectivity index (χ0v) is 23.0. The number of halogens is 1. The molecule has 0 saturated carbocycles. The van der Waals surface area contributed by atoms with Crippen molar-refractivity contribution in [1.82, 2.24) is 10.3 Å². The number of H-pyrrole nitrogens is 1. The molecule has 38 heavy (non-hydrogen) atoms. The molecule has 5 N–H and O–H groups in total. The zero-order valence-electron chi connectivity index (χ0n) is 21.4. The smallest absolute Gasteiger partial charge is 0.249 e. The summed E-state index contributed by atoms with van der Waals surface area (Å²) in [6.45, 7) is 3.56. The fourth-order valence-corrected chi connectivity index (χ4v) is 5.57. The molecule has 2 amide bonds. The topological polar surface area (TPSA) is 111 Å². The molecule has 196 valence electrons. The van der Waals surface area contributed by atoms with Crippen LogP contribution in [-0.2, 0) is 29.2 Å². The lowest BCUT2D eigenvalue weighted by Crippen LogP contribution is -2.56. The van der Waals surface area contributed by atoms with Crippen LogP contribution in [0.5, 0.6) is 0 Å². The lowest BCUT2D eigenvalue weighted by atomic mass is 10.0. The highest BCUT2D eigenvalue weighted by Crippen LogP contribution is 2.37. The molecule has 2 heterocycles. The molecule has 3 aromatic carbocycles. The third-order valence-electron chi connectivity index (χ3n) is 7.04. The monoisotopic (exact) mass is 574 g/mol. The lowest BCUT2D eigenvalue weighted by molar-refractivity contribution is -0.130. The molecule has 0 spiro atoms. The van der Waals surface area contributed by atoms with Gasteiger partial charge in [0.25, 0.3) is 0 Å². The summed E-state index contributed by atoms with van der Waals surface area (Å²) in [5, 5.41) is 13.7. The first kappa shape index (κ1) is 26.2. The third kappa shape index (κ3) is 4.99. The Bertz CT molecular complexity index is 1520. The van der Waals surface area contributed by atoms with E-state index in [9.17, 15) is 14.7 Å². The Morgan fingerprint density at radius 2 is 1.89 bits per heavy atom. The highest BCUT2D eigenvalue weighted by Gasteiger charge is 2.34. The number of aliphatic hydroxyl groups is 1. The Kier molecular flexibility index (Phi) is 7.13. The average molecular weight is 576 g/mol. The van der Waals surface area contributed by atoms with Crippen molar-refractivity contribution in [3.8, 4) is 11.3 Å². The number of para-hydroxylation sites is 1. The van der Waals surface area contributed by atoms with Gasteiger partial charge in [0.1, 0.15) is 6.04 Å². The third-order valence-corrected chi connectivity index (χ3v) is 7.86. The minimum absolute atomic E-state index is 0.0568. The summed E-state index contributed by atoms with van der Waals surface area (Å²) in [6, 6.07) is 21.0. The average Bonchev–Trinajstić information content (AvgIpc) is 3.17. The predicted molar refractivity (Wildman–Crippen MR) is 154 cm³/mol. The molecular formula is C30H31BrN4O3. The summed E-state index contributed by atoms with van der Waals surface area (Å²) in [4.78, 5) is 31.7. The molecule has 1 aromatic heterocycles. The molecule has 0 unspecified atom stereocenters. The van der Waals surface area contributed by atoms with Crippen LogP contribution in [0, 0.1) is 0 Å². The molecule has 0 radical (unpaired) electrons. The van der Waals surface area contributed by atoms with E-state index in [0.717, 1.165) is 49.0 Å². The van der Waals surface area contributed by atoms with Crippen molar-refractivity contribution in [3.05, 3.63) is 87.9 Å². The Hall–Kier alpha value is -3.46. The van der Waals surface area contributed by atoms with Crippen molar-refractivity contribution >= 4 is 44.3 Å². The number of hydrogen-bond donors (Lipinski definition) is 4. The number of carbonyl (C=O) groups is 2. The van der Waals surface area contributed by atoms with Crippen LogP contribution in [0.15, 0.2) is 71.2 Å². The number of aromatic nitrogens is 1. The van der Waals surface area contributed by atoms with E-state index >= 15 is 0 Å². The Morgan fingerprint density at radius 1 is 1.16 bits per heavy atom. The molecule has 0 aliphatic carbocycles. The van der Waals surface area contributed by atoms with Gasteiger partial charge in [-0.1, -0.05) is 48.5 Å². The fourth-order valence-electron chi connectivity index (χ4n) is 4.93. The van der Waals surface area contributed by atoms with E-state index in [1.54, 1.807) is 18.7 Å². The second kappa shape index (κ2) is 10.4. The fraction of sp³-hybridized carbons (Fsp3) is 0.267. The van der Waals surface area contributed by atoms with Crippen molar-refractivity contribution < 1.29 is 14.7 Å².